The molecule has 3 nitrogen and oxygen atoms in total. The van der Waals surface area contributed by atoms with Crippen LogP contribution in [-0.4, -0.2) is 4.98 Å². The molecular formula is C15H10BrCl2N3. The molecule has 21 heavy (non-hydrogen) atoms. The lowest BCUT2D eigenvalue weighted by molar-refractivity contribution is 1.40. The Morgan fingerprint density at radius 1 is 1.10 bits per heavy atom. The first-order valence-electron chi connectivity index (χ1n) is 6.10. The molecule has 106 valence electrons. The third-order valence-electron chi connectivity index (χ3n) is 3.05. The molecule has 0 aliphatic carbocycles. The third-order valence-corrected chi connectivity index (χ3v) is 4.11. The highest BCUT2D eigenvalue weighted by atomic mass is 79.9. The lowest BCUT2D eigenvalue weighted by atomic mass is 10.1. The fourth-order valence-corrected chi connectivity index (χ4v) is 2.75. The molecule has 1 heterocycles. The van der Waals surface area contributed by atoms with Crippen molar-refractivity contribution in [3.05, 3.63) is 57.1 Å². The Kier molecular flexibility index (Phi) is 3.93. The second-order valence-electron chi connectivity index (χ2n) is 4.50. The van der Waals surface area contributed by atoms with E-state index < -0.39 is 0 Å². The predicted octanol–water partition coefficient (Wildman–Crippen LogP) is 5.63. The van der Waals surface area contributed by atoms with E-state index in [4.69, 9.17) is 28.9 Å². The molecule has 2 aromatic carbocycles. The van der Waals surface area contributed by atoms with Crippen LogP contribution in [0, 0.1) is 0 Å². The number of nitrogen functional groups attached to an aromatic ring is 1. The van der Waals surface area contributed by atoms with E-state index in [1.807, 2.05) is 18.2 Å². The van der Waals surface area contributed by atoms with Crippen LogP contribution >= 0.6 is 39.1 Å². The number of hydrogen-bond acceptors (Lipinski definition) is 3. The van der Waals surface area contributed by atoms with Gasteiger partial charge in [-0.1, -0.05) is 39.1 Å². The Morgan fingerprint density at radius 3 is 2.71 bits per heavy atom. The van der Waals surface area contributed by atoms with Crippen molar-refractivity contribution in [3.63, 3.8) is 0 Å². The Bertz CT molecular complexity index is 831. The van der Waals surface area contributed by atoms with Crippen LogP contribution in [0.15, 0.2) is 47.1 Å². The standard InChI is InChI=1S/C15H10BrCl2N3/c16-8-1-4-13-10(5-8)15(12(19)7-20-13)21-14-6-9(17)2-3-11(14)18/h1-7H,19H2,(H,20,21). The maximum atomic E-state index is 6.19. The van der Waals surface area contributed by atoms with Gasteiger partial charge < -0.3 is 11.1 Å². The lowest BCUT2D eigenvalue weighted by Crippen LogP contribution is -1.99. The minimum absolute atomic E-state index is 0.539. The van der Waals surface area contributed by atoms with Gasteiger partial charge in [-0.2, -0.15) is 0 Å². The first kappa shape index (κ1) is 14.4. The van der Waals surface area contributed by atoms with Gasteiger partial charge in [-0.3, -0.25) is 4.98 Å². The number of fused-ring (bicyclic) bond motifs is 1. The van der Waals surface area contributed by atoms with Crippen molar-refractivity contribution >= 4 is 67.1 Å². The molecule has 0 spiro atoms. The number of hydrogen-bond donors (Lipinski definition) is 2. The molecule has 0 atom stereocenters. The molecule has 0 amide bonds. The molecule has 6 heteroatoms. The summed E-state index contributed by atoms with van der Waals surface area (Å²) < 4.78 is 0.947. The van der Waals surface area contributed by atoms with Gasteiger partial charge in [-0.15, -0.1) is 0 Å². The normalized spacial score (nSPS) is 10.8. The maximum absolute atomic E-state index is 6.19. The van der Waals surface area contributed by atoms with Gasteiger partial charge in [0.2, 0.25) is 0 Å². The van der Waals surface area contributed by atoms with Crippen molar-refractivity contribution in [2.24, 2.45) is 0 Å². The van der Waals surface area contributed by atoms with Crippen LogP contribution in [0.1, 0.15) is 0 Å². The van der Waals surface area contributed by atoms with Crippen LogP contribution in [0.3, 0.4) is 0 Å². The number of nitrogens with zero attached hydrogens (tertiary/aromatic N) is 1. The zero-order valence-electron chi connectivity index (χ0n) is 10.7. The van der Waals surface area contributed by atoms with Crippen LogP contribution in [-0.2, 0) is 0 Å². The van der Waals surface area contributed by atoms with Crippen LogP contribution in [0.2, 0.25) is 10.0 Å². The highest BCUT2D eigenvalue weighted by Gasteiger charge is 2.10. The first-order valence-corrected chi connectivity index (χ1v) is 7.65. The van der Waals surface area contributed by atoms with E-state index in [9.17, 15) is 0 Å². The molecule has 3 rings (SSSR count). The number of aromatic nitrogens is 1. The van der Waals surface area contributed by atoms with Crippen LogP contribution in [0.4, 0.5) is 17.1 Å². The number of benzene rings is 2. The first-order chi connectivity index (χ1) is 10.0. The van der Waals surface area contributed by atoms with Gasteiger partial charge in [0.1, 0.15) is 0 Å². The Balaban J connectivity index is 2.17. The van der Waals surface area contributed by atoms with E-state index in [1.54, 1.807) is 24.4 Å². The second-order valence-corrected chi connectivity index (χ2v) is 6.26. The van der Waals surface area contributed by atoms with Crippen LogP contribution < -0.4 is 11.1 Å². The van der Waals surface area contributed by atoms with Crippen molar-refractivity contribution < 1.29 is 0 Å². The second kappa shape index (κ2) is 5.72. The van der Waals surface area contributed by atoms with Gasteiger partial charge in [0.15, 0.2) is 0 Å². The summed E-state index contributed by atoms with van der Waals surface area (Å²) >= 11 is 15.7. The average Bonchev–Trinajstić information content (AvgIpc) is 2.46. The molecule has 0 fully saturated rings. The fourth-order valence-electron chi connectivity index (χ4n) is 2.05. The zero-order chi connectivity index (χ0) is 15.0. The SMILES string of the molecule is Nc1cnc2ccc(Br)cc2c1Nc1cc(Cl)ccc1Cl. The summed E-state index contributed by atoms with van der Waals surface area (Å²) in [7, 11) is 0. The van der Waals surface area contributed by atoms with E-state index in [-0.39, 0.29) is 0 Å². The minimum Gasteiger partial charge on any atom is -0.396 e. The smallest absolute Gasteiger partial charge is 0.0746 e. The Labute approximate surface area is 140 Å². The molecule has 1 aromatic heterocycles. The van der Waals surface area contributed by atoms with Crippen molar-refractivity contribution in [1.29, 1.82) is 0 Å². The largest absolute Gasteiger partial charge is 0.396 e. The molecule has 0 radical (unpaired) electrons. The zero-order valence-corrected chi connectivity index (χ0v) is 13.8. The molecule has 0 saturated heterocycles. The van der Waals surface area contributed by atoms with Gasteiger partial charge in [-0.05, 0) is 36.4 Å². The van der Waals surface area contributed by atoms with E-state index >= 15 is 0 Å². The number of nitrogens with two attached hydrogens (primary N) is 1. The number of pyridine rings is 1. The Hall–Kier alpha value is -1.49. The van der Waals surface area contributed by atoms with Crippen molar-refractivity contribution in [2.75, 3.05) is 11.1 Å². The summed E-state index contributed by atoms with van der Waals surface area (Å²) in [6.45, 7) is 0. The van der Waals surface area contributed by atoms with E-state index in [0.29, 0.717) is 21.4 Å². The molecule has 0 saturated carbocycles. The quantitative estimate of drug-likeness (QED) is 0.603. The summed E-state index contributed by atoms with van der Waals surface area (Å²) in [5.41, 5.74) is 8.89. The molecule has 0 aliphatic heterocycles. The lowest BCUT2D eigenvalue weighted by Gasteiger charge is -2.14. The van der Waals surface area contributed by atoms with Gasteiger partial charge in [0.25, 0.3) is 0 Å². The minimum atomic E-state index is 0.539. The average molecular weight is 383 g/mol. The summed E-state index contributed by atoms with van der Waals surface area (Å²) in [6.07, 6.45) is 1.62. The molecule has 3 N–H and O–H groups in total. The summed E-state index contributed by atoms with van der Waals surface area (Å²) in [5.74, 6) is 0. The van der Waals surface area contributed by atoms with E-state index in [0.717, 1.165) is 21.1 Å². The fraction of sp³-hybridized carbons (Fsp3) is 0. The molecule has 0 unspecified atom stereocenters. The number of nitrogens with one attached hydrogen (secondary N) is 1. The predicted molar refractivity (Wildman–Crippen MR) is 93.6 cm³/mol. The van der Waals surface area contributed by atoms with Crippen molar-refractivity contribution in [1.82, 2.24) is 4.98 Å². The highest BCUT2D eigenvalue weighted by molar-refractivity contribution is 9.10. The number of rotatable bonds is 2. The maximum Gasteiger partial charge on any atom is 0.0746 e. The summed E-state index contributed by atoms with van der Waals surface area (Å²) in [4.78, 5) is 4.32. The molecular weight excluding hydrogens is 373 g/mol. The van der Waals surface area contributed by atoms with Crippen LogP contribution in [0.25, 0.3) is 10.9 Å². The molecule has 3 aromatic rings. The molecule has 0 bridgehead atoms. The molecule has 0 aliphatic rings. The highest BCUT2D eigenvalue weighted by Crippen LogP contribution is 2.35. The van der Waals surface area contributed by atoms with Gasteiger partial charge in [0, 0.05) is 14.9 Å². The van der Waals surface area contributed by atoms with Crippen LogP contribution in [0.5, 0.6) is 0 Å². The van der Waals surface area contributed by atoms with Gasteiger partial charge >= 0.3 is 0 Å². The van der Waals surface area contributed by atoms with E-state index in [2.05, 4.69) is 26.2 Å². The topological polar surface area (TPSA) is 50.9 Å². The van der Waals surface area contributed by atoms with Gasteiger partial charge in [-0.25, -0.2) is 0 Å². The third kappa shape index (κ3) is 2.93. The monoisotopic (exact) mass is 381 g/mol. The van der Waals surface area contributed by atoms with Gasteiger partial charge in [0.05, 0.1) is 33.8 Å². The summed E-state index contributed by atoms with van der Waals surface area (Å²) in [6, 6.07) is 11.0. The summed E-state index contributed by atoms with van der Waals surface area (Å²) in [5, 5.41) is 5.32. The van der Waals surface area contributed by atoms with Crippen molar-refractivity contribution in [3.8, 4) is 0 Å². The Morgan fingerprint density at radius 2 is 1.90 bits per heavy atom. The van der Waals surface area contributed by atoms with E-state index in [1.165, 1.54) is 0 Å². The number of anilines is 3. The number of halogens is 3. The van der Waals surface area contributed by atoms with Crippen molar-refractivity contribution in [2.45, 2.75) is 0 Å².